The zero-order valence-corrected chi connectivity index (χ0v) is 12.0. The lowest BCUT2D eigenvalue weighted by Crippen LogP contribution is -2.41. The Morgan fingerprint density at radius 2 is 2.11 bits per heavy atom. The molecular weight excluding hydrogens is 260 g/mol. The average molecular weight is 278 g/mol. The van der Waals surface area contributed by atoms with Crippen LogP contribution in [0.4, 0.5) is 0 Å². The van der Waals surface area contributed by atoms with E-state index in [9.17, 15) is 4.79 Å². The van der Waals surface area contributed by atoms with Crippen molar-refractivity contribution in [3.63, 3.8) is 0 Å². The zero-order chi connectivity index (χ0) is 14.0. The molecule has 0 saturated heterocycles. The van der Waals surface area contributed by atoms with E-state index in [0.29, 0.717) is 30.3 Å². The number of hydrogen-bond donors (Lipinski definition) is 2. The number of ether oxygens (including phenoxy) is 1. The van der Waals surface area contributed by atoms with Gasteiger partial charge in [0.05, 0.1) is 18.2 Å². The first-order chi connectivity index (χ1) is 8.90. The van der Waals surface area contributed by atoms with E-state index in [0.717, 1.165) is 11.1 Å². The van der Waals surface area contributed by atoms with E-state index in [4.69, 9.17) is 22.7 Å². The maximum atomic E-state index is 12.1. The molecule has 0 fully saturated rings. The van der Waals surface area contributed by atoms with Crippen molar-refractivity contribution in [2.45, 2.75) is 27.1 Å². The van der Waals surface area contributed by atoms with Crippen LogP contribution in [0.2, 0.25) is 0 Å². The summed E-state index contributed by atoms with van der Waals surface area (Å²) in [6.07, 6.45) is 0. The van der Waals surface area contributed by atoms with Crippen LogP contribution in [0, 0.1) is 5.41 Å². The van der Waals surface area contributed by atoms with Gasteiger partial charge in [-0.15, -0.1) is 0 Å². The number of thiocarbonyl (C=S) groups is 1. The Labute approximate surface area is 118 Å². The number of rotatable bonds is 4. The highest BCUT2D eigenvalue weighted by Crippen LogP contribution is 2.21. The molecule has 1 aromatic rings. The predicted molar refractivity (Wildman–Crippen MR) is 77.8 cm³/mol. The Morgan fingerprint density at radius 1 is 1.42 bits per heavy atom. The van der Waals surface area contributed by atoms with Gasteiger partial charge in [-0.2, -0.15) is 0 Å². The van der Waals surface area contributed by atoms with E-state index in [1.807, 2.05) is 32.0 Å². The van der Waals surface area contributed by atoms with Gasteiger partial charge in [-0.25, -0.2) is 0 Å². The van der Waals surface area contributed by atoms with Crippen LogP contribution in [0.1, 0.15) is 35.3 Å². The summed E-state index contributed by atoms with van der Waals surface area (Å²) >= 11 is 4.98. The summed E-state index contributed by atoms with van der Waals surface area (Å²) < 4.78 is 5.33. The summed E-state index contributed by atoms with van der Waals surface area (Å²) in [5.74, 6) is -0.112. The van der Waals surface area contributed by atoms with Crippen LogP contribution in [0.5, 0.6) is 0 Å². The third-order valence-electron chi connectivity index (χ3n) is 3.34. The fourth-order valence-corrected chi connectivity index (χ4v) is 1.88. The molecule has 0 aliphatic carbocycles. The number of amides is 1. The second kappa shape index (κ2) is 5.27. The van der Waals surface area contributed by atoms with E-state index >= 15 is 0 Å². The van der Waals surface area contributed by atoms with Gasteiger partial charge in [0.15, 0.2) is 0 Å². The van der Waals surface area contributed by atoms with E-state index in [1.54, 1.807) is 0 Å². The minimum Gasteiger partial charge on any atom is -0.393 e. The third kappa shape index (κ3) is 3.11. The SMILES string of the molecule is CC(C)(CNC(=O)c1ccc2c(c1)COC2)C(N)=S. The molecule has 19 heavy (non-hydrogen) atoms. The van der Waals surface area contributed by atoms with Gasteiger partial charge < -0.3 is 15.8 Å². The fraction of sp³-hybridized carbons (Fsp3) is 0.429. The van der Waals surface area contributed by atoms with Crippen molar-refractivity contribution in [3.8, 4) is 0 Å². The molecule has 1 aliphatic rings. The second-order valence-electron chi connectivity index (χ2n) is 5.41. The number of nitrogens with one attached hydrogen (secondary N) is 1. The van der Waals surface area contributed by atoms with Crippen molar-refractivity contribution in [2.24, 2.45) is 11.1 Å². The highest BCUT2D eigenvalue weighted by molar-refractivity contribution is 7.80. The minimum absolute atomic E-state index is 0.112. The van der Waals surface area contributed by atoms with Crippen LogP contribution in [0.25, 0.3) is 0 Å². The summed E-state index contributed by atoms with van der Waals surface area (Å²) in [6, 6.07) is 5.64. The quantitative estimate of drug-likeness (QED) is 0.824. The van der Waals surface area contributed by atoms with Gasteiger partial charge in [0.25, 0.3) is 5.91 Å². The molecular formula is C14H18N2O2S. The molecule has 0 saturated carbocycles. The second-order valence-corrected chi connectivity index (χ2v) is 5.85. The van der Waals surface area contributed by atoms with Gasteiger partial charge >= 0.3 is 0 Å². The number of fused-ring (bicyclic) bond motifs is 1. The molecule has 0 spiro atoms. The summed E-state index contributed by atoms with van der Waals surface area (Å²) in [5, 5.41) is 2.86. The van der Waals surface area contributed by atoms with Crippen LogP contribution in [-0.4, -0.2) is 17.4 Å². The summed E-state index contributed by atoms with van der Waals surface area (Å²) in [6.45, 7) is 5.45. The fourth-order valence-electron chi connectivity index (χ4n) is 1.80. The van der Waals surface area contributed by atoms with Crippen molar-refractivity contribution in [1.29, 1.82) is 0 Å². The number of benzene rings is 1. The van der Waals surface area contributed by atoms with Crippen molar-refractivity contribution in [3.05, 3.63) is 34.9 Å². The number of nitrogens with two attached hydrogens (primary N) is 1. The maximum Gasteiger partial charge on any atom is 0.251 e. The lowest BCUT2D eigenvalue weighted by atomic mass is 9.93. The molecule has 102 valence electrons. The molecule has 0 unspecified atom stereocenters. The highest BCUT2D eigenvalue weighted by Gasteiger charge is 2.22. The van der Waals surface area contributed by atoms with Crippen LogP contribution in [0.15, 0.2) is 18.2 Å². The lowest BCUT2D eigenvalue weighted by molar-refractivity contribution is 0.0945. The van der Waals surface area contributed by atoms with E-state index < -0.39 is 0 Å². The Hall–Kier alpha value is -1.46. The first-order valence-corrected chi connectivity index (χ1v) is 6.58. The molecule has 4 nitrogen and oxygen atoms in total. The Balaban J connectivity index is 2.03. The largest absolute Gasteiger partial charge is 0.393 e. The summed E-state index contributed by atoms with van der Waals surface area (Å²) in [7, 11) is 0. The van der Waals surface area contributed by atoms with E-state index in [-0.39, 0.29) is 11.3 Å². The molecule has 1 aliphatic heterocycles. The molecule has 0 bridgehead atoms. The number of carbonyl (C=O) groups is 1. The first kappa shape index (κ1) is 14.0. The van der Waals surface area contributed by atoms with Crippen LogP contribution in [-0.2, 0) is 18.0 Å². The molecule has 0 radical (unpaired) electrons. The van der Waals surface area contributed by atoms with Gasteiger partial charge in [-0.1, -0.05) is 32.1 Å². The zero-order valence-electron chi connectivity index (χ0n) is 11.2. The summed E-state index contributed by atoms with van der Waals surface area (Å²) in [5.41, 5.74) is 8.13. The number of hydrogen-bond acceptors (Lipinski definition) is 3. The van der Waals surface area contributed by atoms with Gasteiger partial charge in [0.2, 0.25) is 0 Å². The average Bonchev–Trinajstić information content (AvgIpc) is 2.82. The monoisotopic (exact) mass is 278 g/mol. The molecule has 2 rings (SSSR count). The molecule has 1 aromatic carbocycles. The molecule has 0 atom stereocenters. The van der Waals surface area contributed by atoms with Crippen LogP contribution < -0.4 is 11.1 Å². The Bertz CT molecular complexity index is 526. The number of carbonyl (C=O) groups excluding carboxylic acids is 1. The summed E-state index contributed by atoms with van der Waals surface area (Å²) in [4.78, 5) is 12.5. The smallest absolute Gasteiger partial charge is 0.251 e. The van der Waals surface area contributed by atoms with Gasteiger partial charge in [-0.3, -0.25) is 4.79 Å². The minimum atomic E-state index is -0.384. The van der Waals surface area contributed by atoms with Crippen molar-refractivity contribution in [2.75, 3.05) is 6.54 Å². The van der Waals surface area contributed by atoms with Gasteiger partial charge in [0, 0.05) is 17.5 Å². The molecule has 0 aromatic heterocycles. The molecule has 1 amide bonds. The Morgan fingerprint density at radius 3 is 2.79 bits per heavy atom. The van der Waals surface area contributed by atoms with Crippen LogP contribution >= 0.6 is 12.2 Å². The molecule has 3 N–H and O–H groups in total. The normalized spacial score (nSPS) is 14.0. The highest BCUT2D eigenvalue weighted by atomic mass is 32.1. The van der Waals surface area contributed by atoms with Crippen molar-refractivity contribution in [1.82, 2.24) is 5.32 Å². The van der Waals surface area contributed by atoms with Gasteiger partial charge in [-0.05, 0) is 23.3 Å². The Kier molecular flexibility index (Phi) is 3.87. The van der Waals surface area contributed by atoms with E-state index in [2.05, 4.69) is 5.32 Å². The van der Waals surface area contributed by atoms with E-state index in [1.165, 1.54) is 0 Å². The van der Waals surface area contributed by atoms with Crippen molar-refractivity contribution < 1.29 is 9.53 Å². The van der Waals surface area contributed by atoms with Crippen LogP contribution in [0.3, 0.4) is 0 Å². The molecule has 1 heterocycles. The lowest BCUT2D eigenvalue weighted by Gasteiger charge is -2.23. The topological polar surface area (TPSA) is 64.3 Å². The molecule has 5 heteroatoms. The third-order valence-corrected chi connectivity index (χ3v) is 3.89. The standard InChI is InChI=1S/C14H18N2O2S/c1-14(2,13(15)19)8-16-12(17)9-3-4-10-6-18-7-11(10)5-9/h3-5H,6-8H2,1-2H3,(H2,15,19)(H,16,17). The predicted octanol–water partition coefficient (Wildman–Crippen LogP) is 1.76. The maximum absolute atomic E-state index is 12.1. The first-order valence-electron chi connectivity index (χ1n) is 6.18. The van der Waals surface area contributed by atoms with Crippen molar-refractivity contribution >= 4 is 23.1 Å². The van der Waals surface area contributed by atoms with Gasteiger partial charge in [0.1, 0.15) is 0 Å².